The summed E-state index contributed by atoms with van der Waals surface area (Å²) in [6.45, 7) is 0.373. The number of ether oxygens (including phenoxy) is 2. The van der Waals surface area contributed by atoms with Crippen LogP contribution in [0.5, 0.6) is 11.5 Å². The van der Waals surface area contributed by atoms with Crippen molar-refractivity contribution in [1.29, 1.82) is 0 Å². The molecule has 1 aliphatic heterocycles. The lowest BCUT2D eigenvalue weighted by Gasteiger charge is -2.16. The molecule has 4 rings (SSSR count). The number of methoxy groups -OCH3 is 1. The second-order valence-corrected chi connectivity index (χ2v) is 10.9. The molecule has 1 heterocycles. The van der Waals surface area contributed by atoms with E-state index in [2.05, 4.69) is 26.7 Å². The molecule has 0 aliphatic carbocycles. The maximum absolute atomic E-state index is 12.9. The molecule has 3 aromatic rings. The number of rotatable bonds is 7. The Balaban J connectivity index is 1.42. The number of urea groups is 1. The lowest BCUT2D eigenvalue weighted by Crippen LogP contribution is -2.46. The third-order valence-corrected chi connectivity index (χ3v) is 7.55. The van der Waals surface area contributed by atoms with Crippen molar-refractivity contribution in [3.8, 4) is 11.5 Å². The Bertz CT molecular complexity index is 1400. The first-order valence-corrected chi connectivity index (χ1v) is 13.4. The third-order valence-electron chi connectivity index (χ3n) is 4.98. The Hall–Kier alpha value is -2.76. The van der Waals surface area contributed by atoms with E-state index in [0.717, 1.165) is 26.8 Å². The molecule has 1 saturated heterocycles. The lowest BCUT2D eigenvalue weighted by atomic mass is 10.2. The van der Waals surface area contributed by atoms with Gasteiger partial charge in [-0.3, -0.25) is 4.79 Å². The van der Waals surface area contributed by atoms with Gasteiger partial charge in [0, 0.05) is 10.2 Å². The Morgan fingerprint density at radius 3 is 2.54 bits per heavy atom. The molecule has 37 heavy (non-hydrogen) atoms. The molecule has 12 heteroatoms. The van der Waals surface area contributed by atoms with Crippen LogP contribution in [-0.4, -0.2) is 28.4 Å². The average Bonchev–Trinajstić information content (AvgIpc) is 3.13. The van der Waals surface area contributed by atoms with Crippen LogP contribution in [0.3, 0.4) is 0 Å². The first kappa shape index (κ1) is 27.3. The number of carbonyl (C=O) groups excluding carboxylic acids is 2. The van der Waals surface area contributed by atoms with Crippen molar-refractivity contribution in [3.63, 3.8) is 0 Å². The first-order chi connectivity index (χ1) is 17.7. The van der Waals surface area contributed by atoms with Crippen molar-refractivity contribution in [1.82, 2.24) is 10.4 Å². The predicted molar refractivity (Wildman–Crippen MR) is 155 cm³/mol. The van der Waals surface area contributed by atoms with Crippen molar-refractivity contribution in [3.05, 3.63) is 91.2 Å². The van der Waals surface area contributed by atoms with Crippen LogP contribution in [0.1, 0.15) is 11.1 Å². The minimum Gasteiger partial charge on any atom is -0.493 e. The summed E-state index contributed by atoms with van der Waals surface area (Å²) < 4.78 is 12.6. The van der Waals surface area contributed by atoms with Gasteiger partial charge in [-0.15, -0.1) is 0 Å². The number of anilines is 1. The van der Waals surface area contributed by atoms with E-state index in [0.29, 0.717) is 39.3 Å². The number of hydrogen-bond acceptors (Lipinski definition) is 6. The molecule has 2 N–H and O–H groups in total. The number of carbonyl (C=O) groups is 2. The summed E-state index contributed by atoms with van der Waals surface area (Å²) in [6, 6.07) is 17.1. The molecule has 190 valence electrons. The Labute approximate surface area is 241 Å². The van der Waals surface area contributed by atoms with Gasteiger partial charge in [0.25, 0.3) is 5.91 Å². The quantitative estimate of drug-likeness (QED) is 0.209. The van der Waals surface area contributed by atoms with Gasteiger partial charge in [0.05, 0.1) is 22.1 Å². The highest BCUT2D eigenvalue weighted by molar-refractivity contribution is 9.10. The molecule has 1 aliphatic rings. The molecule has 0 bridgehead atoms. The highest BCUT2D eigenvalue weighted by Gasteiger charge is 2.33. The lowest BCUT2D eigenvalue weighted by molar-refractivity contribution is -0.123. The summed E-state index contributed by atoms with van der Waals surface area (Å²) in [5, 5.41) is 4.23. The van der Waals surface area contributed by atoms with Crippen LogP contribution < -0.4 is 20.2 Å². The second kappa shape index (κ2) is 12.2. The van der Waals surface area contributed by atoms with Crippen LogP contribution in [0.4, 0.5) is 10.5 Å². The van der Waals surface area contributed by atoms with E-state index in [9.17, 15) is 9.59 Å². The largest absolute Gasteiger partial charge is 0.493 e. The van der Waals surface area contributed by atoms with Crippen molar-refractivity contribution in [2.75, 3.05) is 12.4 Å². The third kappa shape index (κ3) is 6.97. The monoisotopic (exact) mass is 637 g/mol. The number of hydrogen-bond donors (Lipinski definition) is 2. The molecule has 3 amide bonds. The van der Waals surface area contributed by atoms with Gasteiger partial charge in [-0.25, -0.2) is 10.2 Å². The minimum absolute atomic E-state index is 0.182. The van der Waals surface area contributed by atoms with Crippen LogP contribution in [0.15, 0.2) is 70.0 Å². The van der Waals surface area contributed by atoms with E-state index in [1.165, 1.54) is 6.07 Å². The zero-order chi connectivity index (χ0) is 26.5. The predicted octanol–water partition coefficient (Wildman–Crippen LogP) is 7.28. The molecular formula is C25H18BrCl2N3O4S2. The molecule has 0 spiro atoms. The Kier molecular flexibility index (Phi) is 8.99. The molecule has 0 aromatic heterocycles. The number of thiocarbonyl (C=S) groups is 1. The van der Waals surface area contributed by atoms with Crippen LogP contribution in [0.2, 0.25) is 10.0 Å². The number of nitrogens with zero attached hydrogens (tertiary/aromatic N) is 1. The molecule has 0 unspecified atom stereocenters. The van der Waals surface area contributed by atoms with Crippen LogP contribution in [-0.2, 0) is 11.4 Å². The summed E-state index contributed by atoms with van der Waals surface area (Å²) in [4.78, 5) is 25.7. The molecule has 3 aromatic carbocycles. The number of nitrogens with one attached hydrogen (secondary N) is 2. The molecule has 0 atom stereocenters. The SMILES string of the molecule is COc1cc(/C=C2\SC(=S)N(NC(=O)Nc3ccc(Cl)c(Cl)c3)C2=O)ccc1OCc1ccc(Br)cc1. The summed E-state index contributed by atoms with van der Waals surface area (Å²) in [6.07, 6.45) is 1.67. The number of amides is 3. The molecular weight excluding hydrogens is 621 g/mol. The number of halogens is 3. The van der Waals surface area contributed by atoms with Gasteiger partial charge in [0.2, 0.25) is 0 Å². The Morgan fingerprint density at radius 2 is 1.84 bits per heavy atom. The number of thioether (sulfide) groups is 1. The summed E-state index contributed by atoms with van der Waals surface area (Å²) in [7, 11) is 1.54. The fraction of sp³-hybridized carbons (Fsp3) is 0.0800. The van der Waals surface area contributed by atoms with E-state index in [1.54, 1.807) is 43.5 Å². The Morgan fingerprint density at radius 1 is 1.08 bits per heavy atom. The molecule has 0 radical (unpaired) electrons. The van der Waals surface area contributed by atoms with E-state index >= 15 is 0 Å². The average molecular weight is 639 g/mol. The van der Waals surface area contributed by atoms with Gasteiger partial charge < -0.3 is 14.8 Å². The molecule has 0 saturated carbocycles. The standard InChI is InChI=1S/C25H18BrCl2N3O4S2/c1-34-21-10-15(4-9-20(21)35-13-14-2-5-16(26)6-3-14)11-22-23(32)31(25(36)37-22)30-24(33)29-17-7-8-18(27)19(28)12-17/h2-12H,13H2,1H3,(H2,29,30,33)/b22-11-. The maximum Gasteiger partial charge on any atom is 0.338 e. The second-order valence-electron chi connectivity index (χ2n) is 7.54. The number of hydrazine groups is 1. The maximum atomic E-state index is 12.9. The van der Waals surface area contributed by atoms with Gasteiger partial charge in [-0.2, -0.15) is 5.01 Å². The number of benzene rings is 3. The van der Waals surface area contributed by atoms with E-state index in [-0.39, 0.29) is 9.34 Å². The fourth-order valence-electron chi connectivity index (χ4n) is 3.18. The zero-order valence-electron chi connectivity index (χ0n) is 19.1. The normalized spacial score (nSPS) is 14.2. The van der Waals surface area contributed by atoms with Crippen molar-refractivity contribution in [2.45, 2.75) is 6.61 Å². The van der Waals surface area contributed by atoms with E-state index in [4.69, 9.17) is 44.9 Å². The van der Waals surface area contributed by atoms with Gasteiger partial charge in [-0.05, 0) is 71.9 Å². The highest BCUT2D eigenvalue weighted by Crippen LogP contribution is 2.34. The van der Waals surface area contributed by atoms with Gasteiger partial charge in [0.1, 0.15) is 6.61 Å². The van der Waals surface area contributed by atoms with Crippen molar-refractivity contribution < 1.29 is 19.1 Å². The van der Waals surface area contributed by atoms with E-state index in [1.807, 2.05) is 24.3 Å². The van der Waals surface area contributed by atoms with Gasteiger partial charge in [0.15, 0.2) is 15.8 Å². The first-order valence-electron chi connectivity index (χ1n) is 10.6. The molecule has 7 nitrogen and oxygen atoms in total. The summed E-state index contributed by atoms with van der Waals surface area (Å²) in [5.41, 5.74) is 4.57. The highest BCUT2D eigenvalue weighted by atomic mass is 79.9. The van der Waals surface area contributed by atoms with Crippen LogP contribution in [0.25, 0.3) is 6.08 Å². The van der Waals surface area contributed by atoms with Crippen LogP contribution >= 0.6 is 63.1 Å². The van der Waals surface area contributed by atoms with Crippen molar-refractivity contribution >= 4 is 91.1 Å². The minimum atomic E-state index is -0.662. The molecule has 1 fully saturated rings. The zero-order valence-corrected chi connectivity index (χ0v) is 23.8. The summed E-state index contributed by atoms with van der Waals surface area (Å²) in [5.74, 6) is 0.616. The fourth-order valence-corrected chi connectivity index (χ4v) is 4.93. The van der Waals surface area contributed by atoms with E-state index < -0.39 is 11.9 Å². The van der Waals surface area contributed by atoms with Gasteiger partial charge >= 0.3 is 6.03 Å². The summed E-state index contributed by atoms with van der Waals surface area (Å²) >= 11 is 21.6. The van der Waals surface area contributed by atoms with Crippen LogP contribution in [0, 0.1) is 0 Å². The topological polar surface area (TPSA) is 79.9 Å². The van der Waals surface area contributed by atoms with Crippen molar-refractivity contribution in [2.24, 2.45) is 0 Å². The van der Waals surface area contributed by atoms with Gasteiger partial charge in [-0.1, -0.05) is 69.1 Å². The smallest absolute Gasteiger partial charge is 0.338 e.